The van der Waals surface area contributed by atoms with Crippen LogP contribution in [0.25, 0.3) is 0 Å². The second-order valence-electron chi connectivity index (χ2n) is 7.64. The summed E-state index contributed by atoms with van der Waals surface area (Å²) in [6.45, 7) is 9.63. The van der Waals surface area contributed by atoms with Crippen LogP contribution in [0.4, 0.5) is 0 Å². The molecule has 0 aromatic heterocycles. The lowest BCUT2D eigenvalue weighted by molar-refractivity contribution is -0.0262. The first-order valence-electron chi connectivity index (χ1n) is 8.36. The van der Waals surface area contributed by atoms with Gasteiger partial charge >= 0.3 is 0 Å². The molecule has 1 fully saturated rings. The zero-order valence-electron chi connectivity index (χ0n) is 14.1. The molecule has 1 aromatic carbocycles. The van der Waals surface area contributed by atoms with E-state index in [9.17, 15) is 5.11 Å². The van der Waals surface area contributed by atoms with Gasteiger partial charge in [0.15, 0.2) is 0 Å². The molecule has 1 saturated carbocycles. The SMILES string of the molecule is CCC(NCC1(O)CCC(C)(C)CC1)c1ccc(C)cc1. The van der Waals surface area contributed by atoms with Gasteiger partial charge in [0.2, 0.25) is 0 Å². The number of nitrogens with one attached hydrogen (secondary N) is 1. The summed E-state index contributed by atoms with van der Waals surface area (Å²) in [4.78, 5) is 0. The molecule has 0 radical (unpaired) electrons. The quantitative estimate of drug-likeness (QED) is 0.843. The monoisotopic (exact) mass is 289 g/mol. The third kappa shape index (κ3) is 4.55. The highest BCUT2D eigenvalue weighted by molar-refractivity contribution is 5.24. The van der Waals surface area contributed by atoms with Crippen molar-refractivity contribution >= 4 is 0 Å². The standard InChI is InChI=1S/C19H31NO/c1-5-17(16-8-6-15(2)7-9-16)20-14-19(21)12-10-18(3,4)11-13-19/h6-9,17,20-21H,5,10-14H2,1-4H3. The second-order valence-corrected chi connectivity index (χ2v) is 7.64. The summed E-state index contributed by atoms with van der Waals surface area (Å²) in [5.41, 5.74) is 2.49. The van der Waals surface area contributed by atoms with Crippen molar-refractivity contribution in [1.29, 1.82) is 0 Å². The average Bonchev–Trinajstić information content (AvgIpc) is 2.45. The Morgan fingerprint density at radius 1 is 1.10 bits per heavy atom. The maximum atomic E-state index is 10.8. The lowest BCUT2D eigenvalue weighted by Crippen LogP contribution is -2.45. The van der Waals surface area contributed by atoms with Crippen molar-refractivity contribution in [3.05, 3.63) is 35.4 Å². The highest BCUT2D eigenvalue weighted by Crippen LogP contribution is 2.40. The van der Waals surface area contributed by atoms with Crippen LogP contribution < -0.4 is 5.32 Å². The van der Waals surface area contributed by atoms with E-state index in [0.717, 1.165) is 32.1 Å². The Morgan fingerprint density at radius 2 is 1.67 bits per heavy atom. The van der Waals surface area contributed by atoms with Crippen molar-refractivity contribution in [2.45, 2.75) is 71.4 Å². The summed E-state index contributed by atoms with van der Waals surface area (Å²) in [6, 6.07) is 9.06. The van der Waals surface area contributed by atoms with Crippen molar-refractivity contribution in [3.63, 3.8) is 0 Å². The van der Waals surface area contributed by atoms with E-state index in [-0.39, 0.29) is 0 Å². The van der Waals surface area contributed by atoms with Crippen molar-refractivity contribution < 1.29 is 5.11 Å². The summed E-state index contributed by atoms with van der Waals surface area (Å²) in [7, 11) is 0. The van der Waals surface area contributed by atoms with E-state index in [1.54, 1.807) is 0 Å². The Balaban J connectivity index is 1.92. The van der Waals surface area contributed by atoms with Crippen molar-refractivity contribution in [2.24, 2.45) is 5.41 Å². The van der Waals surface area contributed by atoms with Crippen LogP contribution in [-0.4, -0.2) is 17.3 Å². The highest BCUT2D eigenvalue weighted by Gasteiger charge is 2.36. The maximum absolute atomic E-state index is 10.8. The fourth-order valence-electron chi connectivity index (χ4n) is 3.18. The van der Waals surface area contributed by atoms with Gasteiger partial charge in [-0.3, -0.25) is 0 Å². The first-order valence-corrected chi connectivity index (χ1v) is 8.36. The van der Waals surface area contributed by atoms with Crippen LogP contribution in [0.3, 0.4) is 0 Å². The lowest BCUT2D eigenvalue weighted by atomic mass is 9.71. The molecule has 0 saturated heterocycles. The van der Waals surface area contributed by atoms with Crippen molar-refractivity contribution in [1.82, 2.24) is 5.32 Å². The van der Waals surface area contributed by atoms with E-state index >= 15 is 0 Å². The third-order valence-corrected chi connectivity index (χ3v) is 5.10. The van der Waals surface area contributed by atoms with Gasteiger partial charge in [0, 0.05) is 12.6 Å². The fourth-order valence-corrected chi connectivity index (χ4v) is 3.18. The summed E-state index contributed by atoms with van der Waals surface area (Å²) in [6.07, 6.45) is 5.11. The Labute approximate surface area is 130 Å². The summed E-state index contributed by atoms with van der Waals surface area (Å²) in [5.74, 6) is 0. The molecule has 0 bridgehead atoms. The van der Waals surface area contributed by atoms with Gasteiger partial charge in [-0.2, -0.15) is 0 Å². The summed E-state index contributed by atoms with van der Waals surface area (Å²) >= 11 is 0. The van der Waals surface area contributed by atoms with Gasteiger partial charge < -0.3 is 10.4 Å². The molecule has 1 aliphatic rings. The normalized spacial score (nSPS) is 22.0. The largest absolute Gasteiger partial charge is 0.389 e. The van der Waals surface area contributed by atoms with E-state index in [1.165, 1.54) is 11.1 Å². The topological polar surface area (TPSA) is 32.3 Å². The Bertz CT molecular complexity index is 439. The molecule has 2 heteroatoms. The molecule has 2 rings (SSSR count). The summed E-state index contributed by atoms with van der Waals surface area (Å²) < 4.78 is 0. The number of hydrogen-bond donors (Lipinski definition) is 2. The minimum atomic E-state index is -0.520. The van der Waals surface area contributed by atoms with Crippen LogP contribution in [0, 0.1) is 12.3 Å². The molecule has 118 valence electrons. The van der Waals surface area contributed by atoms with Crippen LogP contribution in [0.5, 0.6) is 0 Å². The third-order valence-electron chi connectivity index (χ3n) is 5.10. The van der Waals surface area contributed by atoms with Crippen LogP contribution in [0.15, 0.2) is 24.3 Å². The summed E-state index contributed by atoms with van der Waals surface area (Å²) in [5, 5.41) is 14.4. The molecule has 2 N–H and O–H groups in total. The van der Waals surface area contributed by atoms with Gasteiger partial charge in [-0.1, -0.05) is 50.6 Å². The Morgan fingerprint density at radius 3 is 2.19 bits per heavy atom. The molecule has 1 aromatic rings. The smallest absolute Gasteiger partial charge is 0.0772 e. The molecule has 0 aliphatic heterocycles. The number of benzene rings is 1. The molecule has 0 amide bonds. The minimum absolute atomic E-state index is 0.338. The van der Waals surface area contributed by atoms with Crippen molar-refractivity contribution in [3.8, 4) is 0 Å². The first kappa shape index (κ1) is 16.5. The van der Waals surface area contributed by atoms with E-state index in [2.05, 4.69) is 57.3 Å². The second kappa shape index (κ2) is 6.50. The minimum Gasteiger partial charge on any atom is -0.389 e. The van der Waals surface area contributed by atoms with Gasteiger partial charge in [0.1, 0.15) is 0 Å². The molecule has 1 atom stereocenters. The van der Waals surface area contributed by atoms with E-state index < -0.39 is 5.60 Å². The van der Waals surface area contributed by atoms with Crippen LogP contribution in [0.2, 0.25) is 0 Å². The number of aliphatic hydroxyl groups is 1. The molecule has 21 heavy (non-hydrogen) atoms. The van der Waals surface area contributed by atoms with Gasteiger partial charge in [-0.15, -0.1) is 0 Å². The molecule has 2 nitrogen and oxygen atoms in total. The lowest BCUT2D eigenvalue weighted by Gasteiger charge is -2.41. The van der Waals surface area contributed by atoms with E-state index in [4.69, 9.17) is 0 Å². The molecule has 0 heterocycles. The highest BCUT2D eigenvalue weighted by atomic mass is 16.3. The van der Waals surface area contributed by atoms with Crippen LogP contribution in [0.1, 0.15) is 70.0 Å². The van der Waals surface area contributed by atoms with Crippen LogP contribution >= 0.6 is 0 Å². The first-order chi connectivity index (χ1) is 9.84. The van der Waals surface area contributed by atoms with Gasteiger partial charge in [0.25, 0.3) is 0 Å². The van der Waals surface area contributed by atoms with E-state index in [1.807, 2.05) is 0 Å². The van der Waals surface area contributed by atoms with Gasteiger partial charge in [-0.25, -0.2) is 0 Å². The predicted octanol–water partition coefficient (Wildman–Crippen LogP) is 4.37. The Hall–Kier alpha value is -0.860. The molecule has 0 spiro atoms. The van der Waals surface area contributed by atoms with Gasteiger partial charge in [0.05, 0.1) is 5.60 Å². The molecular weight excluding hydrogens is 258 g/mol. The van der Waals surface area contributed by atoms with Crippen molar-refractivity contribution in [2.75, 3.05) is 6.54 Å². The van der Waals surface area contributed by atoms with Crippen LogP contribution in [-0.2, 0) is 0 Å². The number of hydrogen-bond acceptors (Lipinski definition) is 2. The average molecular weight is 289 g/mol. The Kier molecular flexibility index (Phi) is 5.11. The number of aryl methyl sites for hydroxylation is 1. The zero-order chi connectivity index (χ0) is 15.5. The fraction of sp³-hybridized carbons (Fsp3) is 0.684. The maximum Gasteiger partial charge on any atom is 0.0772 e. The molecular formula is C19H31NO. The number of rotatable bonds is 5. The predicted molar refractivity (Wildman–Crippen MR) is 89.4 cm³/mol. The van der Waals surface area contributed by atoms with E-state index in [0.29, 0.717) is 18.0 Å². The van der Waals surface area contributed by atoms with Gasteiger partial charge in [-0.05, 0) is 50.0 Å². The molecule has 1 unspecified atom stereocenters. The zero-order valence-corrected chi connectivity index (χ0v) is 14.1. The molecule has 1 aliphatic carbocycles.